The molecular formula is C28H29F3N2O9. The third-order valence-electron chi connectivity index (χ3n) is 6.17. The molecule has 1 aromatic heterocycles. The van der Waals surface area contributed by atoms with Crippen LogP contribution in [0.4, 0.5) is 23.7 Å². The molecule has 0 unspecified atom stereocenters. The van der Waals surface area contributed by atoms with Crippen LogP contribution in [0.25, 0.3) is 22.0 Å². The molecule has 11 nitrogen and oxygen atoms in total. The number of carbonyl (C=O) groups is 2. The Morgan fingerprint density at radius 2 is 1.71 bits per heavy atom. The fourth-order valence-corrected chi connectivity index (χ4v) is 4.23. The van der Waals surface area contributed by atoms with Crippen LogP contribution in [0.5, 0.6) is 0 Å². The summed E-state index contributed by atoms with van der Waals surface area (Å²) in [5.41, 5.74) is -1.32. The third kappa shape index (κ3) is 8.06. The van der Waals surface area contributed by atoms with E-state index in [-0.39, 0.29) is 62.8 Å². The van der Waals surface area contributed by atoms with Crippen LogP contribution >= 0.6 is 0 Å². The second-order valence-electron chi connectivity index (χ2n) is 9.13. The van der Waals surface area contributed by atoms with Crippen LogP contribution in [-0.4, -0.2) is 87.7 Å². The number of halogens is 3. The largest absolute Gasteiger partial charge is 0.460 e. The van der Waals surface area contributed by atoms with E-state index in [1.807, 2.05) is 0 Å². The molecule has 0 aliphatic carbocycles. The average molecular weight is 595 g/mol. The zero-order valence-electron chi connectivity index (χ0n) is 22.4. The number of H-pyrrole nitrogens is 1. The van der Waals surface area contributed by atoms with Gasteiger partial charge in [0.1, 0.15) is 13.2 Å². The Labute approximate surface area is 237 Å². The molecule has 2 heterocycles. The lowest BCUT2D eigenvalue weighted by Crippen LogP contribution is -2.27. The molecule has 0 bridgehead atoms. The standard InChI is InChI=1S/C28H29F3N2O9/c29-28(30,31)23-4-2-1-3-21(23)24-13-18-5-6-19(14-22(18)26(36)32-24)33-15-20(42-27(33)37)16-41-25(35)17-40-12-11-39-10-9-38-8-7-34/h1-6,13-14,20,34H,7-12,15-17H2,(H,32,36)/t20-/m0/s1. The number of fused-ring (bicyclic) bond motifs is 1. The first-order valence-electron chi connectivity index (χ1n) is 13.0. The van der Waals surface area contributed by atoms with E-state index in [1.54, 1.807) is 6.07 Å². The minimum Gasteiger partial charge on any atom is -0.460 e. The number of pyridine rings is 1. The summed E-state index contributed by atoms with van der Waals surface area (Å²) in [5, 5.41) is 9.15. The van der Waals surface area contributed by atoms with Crippen molar-refractivity contribution < 1.29 is 51.6 Å². The number of nitrogens with zero attached hydrogens (tertiary/aromatic N) is 1. The number of alkyl halides is 3. The zero-order chi connectivity index (χ0) is 30.1. The predicted molar refractivity (Wildman–Crippen MR) is 143 cm³/mol. The molecule has 42 heavy (non-hydrogen) atoms. The monoisotopic (exact) mass is 594 g/mol. The number of ether oxygens (including phenoxy) is 5. The lowest BCUT2D eigenvalue weighted by molar-refractivity contribution is -0.151. The first-order valence-corrected chi connectivity index (χ1v) is 13.0. The number of hydrogen-bond donors (Lipinski definition) is 2. The number of aromatic amines is 1. The highest BCUT2D eigenvalue weighted by molar-refractivity contribution is 5.94. The van der Waals surface area contributed by atoms with E-state index in [0.717, 1.165) is 6.07 Å². The number of aliphatic hydroxyl groups is 1. The van der Waals surface area contributed by atoms with Gasteiger partial charge in [0.05, 0.1) is 51.7 Å². The van der Waals surface area contributed by atoms with Crippen molar-refractivity contribution in [2.75, 3.05) is 64.3 Å². The van der Waals surface area contributed by atoms with Crippen LogP contribution in [0.3, 0.4) is 0 Å². The normalized spacial score (nSPS) is 15.3. The molecule has 226 valence electrons. The van der Waals surface area contributed by atoms with Gasteiger partial charge in [0.2, 0.25) is 0 Å². The molecule has 1 amide bonds. The Morgan fingerprint density at radius 1 is 1.00 bits per heavy atom. The van der Waals surface area contributed by atoms with E-state index in [9.17, 15) is 27.6 Å². The molecule has 3 aromatic rings. The van der Waals surface area contributed by atoms with Gasteiger partial charge in [0.25, 0.3) is 5.56 Å². The Kier molecular flexibility index (Phi) is 10.5. The SMILES string of the molecule is O=C(COCCOCCOCCO)OC[C@@H]1CN(c2ccc3cc(-c4ccccc4C(F)(F)F)[nH]c(=O)c3c2)C(=O)O1. The van der Waals surface area contributed by atoms with Crippen LogP contribution in [0.1, 0.15) is 5.56 Å². The summed E-state index contributed by atoms with van der Waals surface area (Å²) in [6.45, 7) is 0.716. The minimum absolute atomic E-state index is 0.0102. The Hall–Kier alpha value is -3.98. The molecule has 0 radical (unpaired) electrons. The van der Waals surface area contributed by atoms with E-state index in [0.29, 0.717) is 24.3 Å². The molecule has 0 spiro atoms. The van der Waals surface area contributed by atoms with Crippen molar-refractivity contribution in [2.24, 2.45) is 0 Å². The van der Waals surface area contributed by atoms with E-state index in [4.69, 9.17) is 28.8 Å². The van der Waals surface area contributed by atoms with E-state index < -0.39 is 35.5 Å². The molecule has 1 saturated heterocycles. The first kappa shape index (κ1) is 31.0. The van der Waals surface area contributed by atoms with E-state index in [2.05, 4.69) is 4.98 Å². The Morgan fingerprint density at radius 3 is 2.45 bits per heavy atom. The molecule has 1 aliphatic rings. The van der Waals surface area contributed by atoms with E-state index in [1.165, 1.54) is 41.3 Å². The molecule has 4 rings (SSSR count). The molecule has 2 N–H and O–H groups in total. The van der Waals surface area contributed by atoms with Crippen molar-refractivity contribution in [1.29, 1.82) is 0 Å². The van der Waals surface area contributed by atoms with Crippen LogP contribution in [0.15, 0.2) is 53.3 Å². The van der Waals surface area contributed by atoms with Crippen LogP contribution in [-0.2, 0) is 34.7 Å². The summed E-state index contributed by atoms with van der Waals surface area (Å²) in [4.78, 5) is 41.1. The third-order valence-corrected chi connectivity index (χ3v) is 6.17. The highest BCUT2D eigenvalue weighted by Crippen LogP contribution is 2.36. The number of hydrogen-bond acceptors (Lipinski definition) is 9. The second kappa shape index (κ2) is 14.3. The number of amides is 1. The van der Waals surface area contributed by atoms with Crippen molar-refractivity contribution in [3.8, 4) is 11.3 Å². The average Bonchev–Trinajstić information content (AvgIpc) is 3.34. The lowest BCUT2D eigenvalue weighted by Gasteiger charge is -2.15. The van der Waals surface area contributed by atoms with Crippen molar-refractivity contribution in [2.45, 2.75) is 12.3 Å². The van der Waals surface area contributed by atoms with Crippen LogP contribution in [0.2, 0.25) is 0 Å². The maximum atomic E-state index is 13.5. The second-order valence-corrected chi connectivity index (χ2v) is 9.13. The first-order chi connectivity index (χ1) is 20.2. The van der Waals surface area contributed by atoms with Crippen LogP contribution in [0, 0.1) is 0 Å². The summed E-state index contributed by atoms with van der Waals surface area (Å²) < 4.78 is 66.3. The summed E-state index contributed by atoms with van der Waals surface area (Å²) >= 11 is 0. The zero-order valence-corrected chi connectivity index (χ0v) is 22.4. The summed E-state index contributed by atoms with van der Waals surface area (Å²) in [5.74, 6) is -0.657. The van der Waals surface area contributed by atoms with E-state index >= 15 is 0 Å². The van der Waals surface area contributed by atoms with Crippen LogP contribution < -0.4 is 10.5 Å². The molecule has 1 atom stereocenters. The summed E-state index contributed by atoms with van der Waals surface area (Å²) in [6, 6.07) is 10.9. The fourth-order valence-electron chi connectivity index (χ4n) is 4.23. The highest BCUT2D eigenvalue weighted by Gasteiger charge is 2.35. The maximum Gasteiger partial charge on any atom is 0.417 e. The molecule has 2 aromatic carbocycles. The number of esters is 1. The fraction of sp³-hybridized carbons (Fsp3) is 0.393. The number of nitrogens with one attached hydrogen (secondary N) is 1. The number of cyclic esters (lactones) is 1. The van der Waals surface area contributed by atoms with Gasteiger partial charge in [0, 0.05) is 22.3 Å². The van der Waals surface area contributed by atoms with Crippen molar-refractivity contribution in [3.63, 3.8) is 0 Å². The van der Waals surface area contributed by atoms with Gasteiger partial charge in [-0.1, -0.05) is 24.3 Å². The Bertz CT molecular complexity index is 1440. The number of carbonyl (C=O) groups excluding carboxylic acids is 2. The van der Waals surface area contributed by atoms with Gasteiger partial charge < -0.3 is 33.8 Å². The van der Waals surface area contributed by atoms with Gasteiger partial charge in [-0.05, 0) is 29.7 Å². The molecule has 1 fully saturated rings. The van der Waals surface area contributed by atoms with Crippen molar-refractivity contribution >= 4 is 28.5 Å². The van der Waals surface area contributed by atoms with Crippen molar-refractivity contribution in [1.82, 2.24) is 4.98 Å². The van der Waals surface area contributed by atoms with Gasteiger partial charge in [-0.15, -0.1) is 0 Å². The maximum absolute atomic E-state index is 13.5. The lowest BCUT2D eigenvalue weighted by atomic mass is 10.0. The summed E-state index contributed by atoms with van der Waals surface area (Å²) in [7, 11) is 0. The van der Waals surface area contributed by atoms with Crippen molar-refractivity contribution in [3.05, 3.63) is 64.4 Å². The van der Waals surface area contributed by atoms with Gasteiger partial charge >= 0.3 is 18.2 Å². The molecule has 1 aliphatic heterocycles. The molecule has 0 saturated carbocycles. The number of aliphatic hydroxyl groups excluding tert-OH is 1. The van der Waals surface area contributed by atoms with Gasteiger partial charge in [0.15, 0.2) is 6.10 Å². The highest BCUT2D eigenvalue weighted by atomic mass is 19.4. The Balaban J connectivity index is 1.31. The smallest absolute Gasteiger partial charge is 0.417 e. The number of anilines is 1. The molecular weight excluding hydrogens is 565 g/mol. The van der Waals surface area contributed by atoms with Gasteiger partial charge in [-0.3, -0.25) is 9.69 Å². The van der Waals surface area contributed by atoms with Gasteiger partial charge in [-0.2, -0.15) is 13.2 Å². The number of aromatic nitrogens is 1. The number of rotatable bonds is 14. The predicted octanol–water partition coefficient (Wildman–Crippen LogP) is 3.12. The summed E-state index contributed by atoms with van der Waals surface area (Å²) in [6.07, 6.45) is -6.08. The minimum atomic E-state index is -4.60. The van der Waals surface area contributed by atoms with Gasteiger partial charge in [-0.25, -0.2) is 9.59 Å². The molecule has 14 heteroatoms. The number of benzene rings is 2. The topological polar surface area (TPSA) is 137 Å². The quantitative estimate of drug-likeness (QED) is 0.213.